The molecular weight excluding hydrogens is 392 g/mol. The number of hydrogen-bond acceptors (Lipinski definition) is 4. The fourth-order valence-electron chi connectivity index (χ4n) is 3.78. The summed E-state index contributed by atoms with van der Waals surface area (Å²) in [7, 11) is 1.33. The first-order chi connectivity index (χ1) is 15.0. The van der Waals surface area contributed by atoms with Gasteiger partial charge in [0.25, 0.3) is 0 Å². The number of carbonyl (C=O) groups is 3. The highest BCUT2D eigenvalue weighted by molar-refractivity contribution is 5.99. The molecule has 2 rings (SSSR count). The van der Waals surface area contributed by atoms with E-state index in [9.17, 15) is 14.4 Å². The molecule has 1 fully saturated rings. The van der Waals surface area contributed by atoms with E-state index in [1.807, 2.05) is 24.3 Å². The van der Waals surface area contributed by atoms with Gasteiger partial charge >= 0.3 is 5.97 Å². The van der Waals surface area contributed by atoms with Crippen LogP contribution in [0.4, 0.5) is 5.69 Å². The number of amides is 2. The van der Waals surface area contributed by atoms with Crippen LogP contribution in [0, 0.1) is 5.92 Å². The predicted octanol–water partition coefficient (Wildman–Crippen LogP) is 4.48. The Morgan fingerprint density at radius 2 is 1.84 bits per heavy atom. The number of nitrogens with zero attached hydrogens (tertiary/aromatic N) is 1. The molecule has 31 heavy (non-hydrogen) atoms. The Balaban J connectivity index is 1.73. The van der Waals surface area contributed by atoms with Crippen LogP contribution in [0.3, 0.4) is 0 Å². The summed E-state index contributed by atoms with van der Waals surface area (Å²) >= 11 is 0. The third-order valence-electron chi connectivity index (χ3n) is 5.60. The van der Waals surface area contributed by atoms with Gasteiger partial charge in [-0.25, -0.2) is 0 Å². The van der Waals surface area contributed by atoms with Gasteiger partial charge in [0.05, 0.1) is 13.0 Å². The van der Waals surface area contributed by atoms with Crippen molar-refractivity contribution in [3.63, 3.8) is 0 Å². The van der Waals surface area contributed by atoms with Crippen molar-refractivity contribution in [2.45, 2.75) is 64.7 Å². The summed E-state index contributed by atoms with van der Waals surface area (Å²) in [4.78, 5) is 37.7. The summed E-state index contributed by atoms with van der Waals surface area (Å²) < 4.78 is 4.76. The summed E-state index contributed by atoms with van der Waals surface area (Å²) in [5.74, 6) is -1.00. The van der Waals surface area contributed by atoms with E-state index in [4.69, 9.17) is 4.74 Å². The molecule has 1 heterocycles. The second kappa shape index (κ2) is 13.6. The number of rotatable bonds is 13. The maximum Gasteiger partial charge on any atom is 0.311 e. The van der Waals surface area contributed by atoms with Crippen molar-refractivity contribution in [2.75, 3.05) is 25.1 Å². The second-order valence-electron chi connectivity index (χ2n) is 8.12. The number of benzene rings is 1. The smallest absolute Gasteiger partial charge is 0.311 e. The highest BCUT2D eigenvalue weighted by atomic mass is 16.5. The molecule has 6 heteroatoms. The summed E-state index contributed by atoms with van der Waals surface area (Å²) in [5.41, 5.74) is 1.55. The lowest BCUT2D eigenvalue weighted by Crippen LogP contribution is -2.26. The van der Waals surface area contributed by atoms with Crippen molar-refractivity contribution in [1.29, 1.82) is 0 Å². The van der Waals surface area contributed by atoms with Crippen LogP contribution in [0.15, 0.2) is 30.3 Å². The maximum absolute atomic E-state index is 12.3. The van der Waals surface area contributed by atoms with Crippen molar-refractivity contribution >= 4 is 29.5 Å². The number of esters is 1. The summed E-state index contributed by atoms with van der Waals surface area (Å²) in [5, 5.41) is 2.92. The minimum atomic E-state index is -0.432. The normalized spacial score (nSPS) is 16.1. The van der Waals surface area contributed by atoms with E-state index >= 15 is 0 Å². The van der Waals surface area contributed by atoms with Crippen LogP contribution in [0.25, 0.3) is 6.08 Å². The molecule has 1 atom stereocenters. The molecule has 0 aromatic heterocycles. The molecule has 170 valence electrons. The molecule has 0 radical (unpaired) electrons. The van der Waals surface area contributed by atoms with E-state index in [1.54, 1.807) is 11.0 Å². The fraction of sp³-hybridized carbons (Fsp3) is 0.560. The number of nitrogens with one attached hydrogen (secondary N) is 1. The largest absolute Gasteiger partial charge is 0.469 e. The highest BCUT2D eigenvalue weighted by Gasteiger charge is 2.35. The zero-order chi connectivity index (χ0) is 22.5. The first-order valence-electron chi connectivity index (χ1n) is 11.5. The van der Waals surface area contributed by atoms with Gasteiger partial charge in [-0.3, -0.25) is 14.4 Å². The Morgan fingerprint density at radius 1 is 1.13 bits per heavy atom. The minimum absolute atomic E-state index is 0.0976. The number of hydrogen-bond donors (Lipinski definition) is 1. The summed E-state index contributed by atoms with van der Waals surface area (Å²) in [6.45, 7) is 3.23. The van der Waals surface area contributed by atoms with Crippen LogP contribution in [0.5, 0.6) is 0 Å². The van der Waals surface area contributed by atoms with Gasteiger partial charge in [0, 0.05) is 31.3 Å². The number of carbonyl (C=O) groups excluding carboxylic acids is 3. The third kappa shape index (κ3) is 8.56. The fourth-order valence-corrected chi connectivity index (χ4v) is 3.78. The van der Waals surface area contributed by atoms with Crippen LogP contribution in [-0.4, -0.2) is 38.0 Å². The van der Waals surface area contributed by atoms with Crippen LogP contribution < -0.4 is 10.2 Å². The molecule has 1 unspecified atom stereocenters. The Hall–Kier alpha value is -2.63. The maximum atomic E-state index is 12.3. The van der Waals surface area contributed by atoms with E-state index in [2.05, 4.69) is 12.2 Å². The van der Waals surface area contributed by atoms with Crippen molar-refractivity contribution in [3.05, 3.63) is 35.9 Å². The SMILES string of the molecule is CCCCCCCCCCNC(=O)C=Cc1cccc(N2CC(C(=O)OC)CC2=O)c1. The molecule has 6 nitrogen and oxygen atoms in total. The molecule has 1 saturated heterocycles. The van der Waals surface area contributed by atoms with Gasteiger partial charge in [-0.1, -0.05) is 64.0 Å². The highest BCUT2D eigenvalue weighted by Crippen LogP contribution is 2.26. The standard InChI is InChI=1S/C25H36N2O4/c1-3-4-5-6-7-8-9-10-16-26-23(28)15-14-20-12-11-13-22(17-20)27-19-21(18-24(27)29)25(30)31-2/h11-15,17,21H,3-10,16,18-19H2,1-2H3,(H,26,28). The Labute approximate surface area is 186 Å². The number of ether oxygens (including phenoxy) is 1. The average Bonchev–Trinajstić information content (AvgIpc) is 3.18. The summed E-state index contributed by atoms with van der Waals surface area (Å²) in [6.07, 6.45) is 13.3. The molecule has 1 aliphatic rings. The Kier molecular flexibility index (Phi) is 10.8. The van der Waals surface area contributed by atoms with Gasteiger partial charge in [0.1, 0.15) is 0 Å². The second-order valence-corrected chi connectivity index (χ2v) is 8.12. The lowest BCUT2D eigenvalue weighted by Gasteiger charge is -2.16. The number of anilines is 1. The quantitative estimate of drug-likeness (QED) is 0.285. The zero-order valence-electron chi connectivity index (χ0n) is 18.9. The van der Waals surface area contributed by atoms with Gasteiger partial charge in [0.15, 0.2) is 0 Å². The first-order valence-corrected chi connectivity index (χ1v) is 11.5. The first kappa shape index (κ1) is 24.6. The predicted molar refractivity (Wildman–Crippen MR) is 124 cm³/mol. The summed E-state index contributed by atoms with van der Waals surface area (Å²) in [6, 6.07) is 7.40. The van der Waals surface area contributed by atoms with Crippen molar-refractivity contribution in [2.24, 2.45) is 5.92 Å². The van der Waals surface area contributed by atoms with E-state index in [0.29, 0.717) is 13.1 Å². The van der Waals surface area contributed by atoms with Gasteiger partial charge in [-0.15, -0.1) is 0 Å². The van der Waals surface area contributed by atoms with Crippen LogP contribution in [0.2, 0.25) is 0 Å². The zero-order valence-corrected chi connectivity index (χ0v) is 18.9. The van der Waals surface area contributed by atoms with Gasteiger partial charge in [0.2, 0.25) is 11.8 Å². The Bertz CT molecular complexity index is 760. The molecule has 0 saturated carbocycles. The van der Waals surface area contributed by atoms with Gasteiger partial charge < -0.3 is 15.0 Å². The van der Waals surface area contributed by atoms with Crippen LogP contribution >= 0.6 is 0 Å². The molecule has 0 bridgehead atoms. The number of unbranched alkanes of at least 4 members (excludes halogenated alkanes) is 7. The minimum Gasteiger partial charge on any atom is -0.469 e. The van der Waals surface area contributed by atoms with Crippen molar-refractivity contribution < 1.29 is 19.1 Å². The van der Waals surface area contributed by atoms with E-state index < -0.39 is 5.92 Å². The van der Waals surface area contributed by atoms with Crippen LogP contribution in [0.1, 0.15) is 70.3 Å². The molecular formula is C25H36N2O4. The van der Waals surface area contributed by atoms with Crippen molar-refractivity contribution in [1.82, 2.24) is 5.32 Å². The van der Waals surface area contributed by atoms with Gasteiger partial charge in [-0.05, 0) is 30.2 Å². The lowest BCUT2D eigenvalue weighted by atomic mass is 10.1. The average molecular weight is 429 g/mol. The Morgan fingerprint density at radius 3 is 2.55 bits per heavy atom. The third-order valence-corrected chi connectivity index (χ3v) is 5.60. The van der Waals surface area contributed by atoms with E-state index in [-0.39, 0.29) is 24.2 Å². The van der Waals surface area contributed by atoms with Gasteiger partial charge in [-0.2, -0.15) is 0 Å². The molecule has 2 amide bonds. The monoisotopic (exact) mass is 428 g/mol. The van der Waals surface area contributed by atoms with E-state index in [0.717, 1.165) is 24.1 Å². The topological polar surface area (TPSA) is 75.7 Å². The molecule has 1 aromatic carbocycles. The molecule has 1 aliphatic heterocycles. The molecule has 0 aliphatic carbocycles. The lowest BCUT2D eigenvalue weighted by molar-refractivity contribution is -0.145. The molecule has 1 aromatic rings. The molecule has 1 N–H and O–H groups in total. The number of methoxy groups -OCH3 is 1. The molecule has 0 spiro atoms. The van der Waals surface area contributed by atoms with E-state index in [1.165, 1.54) is 51.7 Å². The van der Waals surface area contributed by atoms with Crippen LogP contribution in [-0.2, 0) is 19.1 Å². The van der Waals surface area contributed by atoms with Crippen molar-refractivity contribution in [3.8, 4) is 0 Å².